The molecule has 0 aliphatic carbocycles. The van der Waals surface area contributed by atoms with Crippen LogP contribution in [0.3, 0.4) is 0 Å². The highest BCUT2D eigenvalue weighted by Crippen LogP contribution is 2.18. The van der Waals surface area contributed by atoms with Gasteiger partial charge in [0.2, 0.25) is 5.78 Å². The Kier molecular flexibility index (Phi) is 6.91. The van der Waals surface area contributed by atoms with Gasteiger partial charge in [0, 0.05) is 0 Å². The summed E-state index contributed by atoms with van der Waals surface area (Å²) in [5.74, 6) is -1.13. The van der Waals surface area contributed by atoms with Crippen molar-refractivity contribution in [2.24, 2.45) is 5.92 Å². The SMILES string of the molecule is COc1ccccc1C(=O)COC(=O)[C@@H](NC(=O)c1cccs1)C(C)C. The molecule has 0 radical (unpaired) electrons. The first-order valence-corrected chi connectivity index (χ1v) is 8.99. The van der Waals surface area contributed by atoms with Gasteiger partial charge in [-0.05, 0) is 29.5 Å². The number of methoxy groups -OCH3 is 1. The summed E-state index contributed by atoms with van der Waals surface area (Å²) in [6, 6.07) is 9.31. The van der Waals surface area contributed by atoms with Crippen LogP contribution >= 0.6 is 11.3 Å². The van der Waals surface area contributed by atoms with Gasteiger partial charge in [-0.15, -0.1) is 11.3 Å². The topological polar surface area (TPSA) is 81.7 Å². The molecule has 1 aromatic carbocycles. The van der Waals surface area contributed by atoms with Gasteiger partial charge in [-0.2, -0.15) is 0 Å². The molecule has 1 aromatic heterocycles. The predicted octanol–water partition coefficient (Wildman–Crippen LogP) is 2.94. The maximum Gasteiger partial charge on any atom is 0.329 e. The normalized spacial score (nSPS) is 11.7. The number of esters is 1. The fourth-order valence-electron chi connectivity index (χ4n) is 2.30. The average molecular weight is 375 g/mol. The van der Waals surface area contributed by atoms with E-state index in [4.69, 9.17) is 9.47 Å². The lowest BCUT2D eigenvalue weighted by molar-refractivity contribution is -0.145. The van der Waals surface area contributed by atoms with Crippen LogP contribution in [0.5, 0.6) is 5.75 Å². The predicted molar refractivity (Wildman–Crippen MR) is 98.7 cm³/mol. The van der Waals surface area contributed by atoms with Gasteiger partial charge in [0.15, 0.2) is 6.61 Å². The van der Waals surface area contributed by atoms with E-state index in [0.29, 0.717) is 16.2 Å². The minimum atomic E-state index is -0.838. The number of Topliss-reactive ketones (excluding diaryl/α,β-unsaturated/α-hetero) is 1. The van der Waals surface area contributed by atoms with Crippen molar-refractivity contribution in [1.29, 1.82) is 0 Å². The van der Waals surface area contributed by atoms with E-state index in [1.54, 1.807) is 55.6 Å². The molecular formula is C19H21NO5S. The summed E-state index contributed by atoms with van der Waals surface area (Å²) in [6.07, 6.45) is 0. The molecule has 1 N–H and O–H groups in total. The van der Waals surface area contributed by atoms with Crippen LogP contribution in [0.1, 0.15) is 33.9 Å². The second kappa shape index (κ2) is 9.15. The quantitative estimate of drug-likeness (QED) is 0.567. The van der Waals surface area contributed by atoms with E-state index in [1.165, 1.54) is 18.4 Å². The Morgan fingerprint density at radius 2 is 1.85 bits per heavy atom. The molecule has 7 heteroatoms. The van der Waals surface area contributed by atoms with Crippen LogP contribution in [0.4, 0.5) is 0 Å². The van der Waals surface area contributed by atoms with Crippen molar-refractivity contribution in [3.05, 3.63) is 52.2 Å². The first-order valence-electron chi connectivity index (χ1n) is 8.11. The number of hydrogen-bond donors (Lipinski definition) is 1. The van der Waals surface area contributed by atoms with E-state index in [2.05, 4.69) is 5.32 Å². The lowest BCUT2D eigenvalue weighted by Crippen LogP contribution is -2.45. The third kappa shape index (κ3) is 4.92. The molecule has 0 aliphatic rings. The first kappa shape index (κ1) is 19.7. The fraction of sp³-hybridized carbons (Fsp3) is 0.316. The monoisotopic (exact) mass is 375 g/mol. The molecule has 0 unspecified atom stereocenters. The molecule has 6 nitrogen and oxygen atoms in total. The van der Waals surface area contributed by atoms with Gasteiger partial charge in [-0.3, -0.25) is 9.59 Å². The maximum atomic E-state index is 12.4. The van der Waals surface area contributed by atoms with Crippen molar-refractivity contribution in [2.45, 2.75) is 19.9 Å². The fourth-order valence-corrected chi connectivity index (χ4v) is 2.92. The summed E-state index contributed by atoms with van der Waals surface area (Å²) in [6.45, 7) is 3.17. The van der Waals surface area contributed by atoms with Gasteiger partial charge >= 0.3 is 5.97 Å². The minimum absolute atomic E-state index is 0.187. The van der Waals surface area contributed by atoms with Crippen molar-refractivity contribution in [3.8, 4) is 5.75 Å². The average Bonchev–Trinajstić information content (AvgIpc) is 3.18. The third-order valence-corrected chi connectivity index (χ3v) is 4.57. The van der Waals surface area contributed by atoms with E-state index < -0.39 is 18.6 Å². The largest absolute Gasteiger partial charge is 0.496 e. The van der Waals surface area contributed by atoms with Crippen LogP contribution in [0.25, 0.3) is 0 Å². The number of ether oxygens (including phenoxy) is 2. The van der Waals surface area contributed by atoms with Gasteiger partial charge < -0.3 is 14.8 Å². The summed E-state index contributed by atoms with van der Waals surface area (Å²) < 4.78 is 10.3. The zero-order valence-corrected chi connectivity index (χ0v) is 15.7. The molecule has 1 atom stereocenters. The van der Waals surface area contributed by atoms with Gasteiger partial charge in [-0.25, -0.2) is 4.79 Å². The number of benzene rings is 1. The third-order valence-electron chi connectivity index (χ3n) is 3.71. The van der Waals surface area contributed by atoms with Crippen molar-refractivity contribution in [2.75, 3.05) is 13.7 Å². The smallest absolute Gasteiger partial charge is 0.329 e. The van der Waals surface area contributed by atoms with Crippen molar-refractivity contribution in [1.82, 2.24) is 5.32 Å². The van der Waals surface area contributed by atoms with Gasteiger partial charge in [-0.1, -0.05) is 32.0 Å². The lowest BCUT2D eigenvalue weighted by atomic mass is 10.0. The summed E-state index contributed by atoms with van der Waals surface area (Å²) in [5.41, 5.74) is 0.339. The number of rotatable bonds is 8. The van der Waals surface area contributed by atoms with Crippen LogP contribution < -0.4 is 10.1 Å². The molecular weight excluding hydrogens is 354 g/mol. The highest BCUT2D eigenvalue weighted by Gasteiger charge is 2.27. The minimum Gasteiger partial charge on any atom is -0.496 e. The Morgan fingerprint density at radius 1 is 1.12 bits per heavy atom. The molecule has 2 aromatic rings. The summed E-state index contributed by atoms with van der Waals surface area (Å²) in [7, 11) is 1.47. The van der Waals surface area contributed by atoms with Crippen LogP contribution in [-0.2, 0) is 9.53 Å². The zero-order chi connectivity index (χ0) is 19.1. The second-order valence-corrected chi connectivity index (χ2v) is 6.85. The van der Waals surface area contributed by atoms with Crippen LogP contribution in [-0.4, -0.2) is 37.4 Å². The number of amides is 1. The number of ketones is 1. The zero-order valence-electron chi connectivity index (χ0n) is 14.9. The number of hydrogen-bond acceptors (Lipinski definition) is 6. The van der Waals surface area contributed by atoms with E-state index in [-0.39, 0.29) is 17.6 Å². The highest BCUT2D eigenvalue weighted by molar-refractivity contribution is 7.12. The van der Waals surface area contributed by atoms with Crippen molar-refractivity contribution < 1.29 is 23.9 Å². The van der Waals surface area contributed by atoms with Gasteiger partial charge in [0.05, 0.1) is 17.6 Å². The Hall–Kier alpha value is -2.67. The van der Waals surface area contributed by atoms with Gasteiger partial charge in [0.1, 0.15) is 11.8 Å². The standard InChI is InChI=1S/C19H21NO5S/c1-12(2)17(20-18(22)16-9-6-10-26-16)19(23)25-11-14(21)13-7-4-5-8-15(13)24-3/h4-10,12,17H,11H2,1-3H3,(H,20,22)/t17-/m0/s1. The number of carbonyl (C=O) groups is 3. The number of para-hydroxylation sites is 1. The molecule has 26 heavy (non-hydrogen) atoms. The first-order chi connectivity index (χ1) is 12.4. The van der Waals surface area contributed by atoms with Crippen LogP contribution in [0.2, 0.25) is 0 Å². The molecule has 0 spiro atoms. The van der Waals surface area contributed by atoms with Gasteiger partial charge in [0.25, 0.3) is 5.91 Å². The Morgan fingerprint density at radius 3 is 2.46 bits per heavy atom. The molecule has 138 valence electrons. The van der Waals surface area contributed by atoms with Crippen molar-refractivity contribution >= 4 is 29.0 Å². The Bertz CT molecular complexity index is 770. The summed E-state index contributed by atoms with van der Waals surface area (Å²) in [5, 5.41) is 4.45. The number of thiophene rings is 1. The molecule has 0 saturated carbocycles. The Labute approximate surface area is 156 Å². The van der Waals surface area contributed by atoms with Crippen LogP contribution in [0.15, 0.2) is 41.8 Å². The molecule has 0 fully saturated rings. The Balaban J connectivity index is 1.99. The maximum absolute atomic E-state index is 12.4. The van der Waals surface area contributed by atoms with E-state index in [0.717, 1.165) is 0 Å². The molecule has 1 amide bonds. The molecule has 0 saturated heterocycles. The van der Waals surface area contributed by atoms with Crippen LogP contribution in [0, 0.1) is 5.92 Å². The summed E-state index contributed by atoms with van der Waals surface area (Å²) >= 11 is 1.28. The number of carbonyl (C=O) groups excluding carboxylic acids is 3. The molecule has 0 aliphatic heterocycles. The molecule has 2 rings (SSSR count). The van der Waals surface area contributed by atoms with Crippen molar-refractivity contribution in [3.63, 3.8) is 0 Å². The number of nitrogens with one attached hydrogen (secondary N) is 1. The van der Waals surface area contributed by atoms with E-state index >= 15 is 0 Å². The highest BCUT2D eigenvalue weighted by atomic mass is 32.1. The lowest BCUT2D eigenvalue weighted by Gasteiger charge is -2.20. The molecule has 1 heterocycles. The van der Waals surface area contributed by atoms with E-state index in [9.17, 15) is 14.4 Å². The second-order valence-electron chi connectivity index (χ2n) is 5.90. The summed E-state index contributed by atoms with van der Waals surface area (Å²) in [4.78, 5) is 37.3. The molecule has 0 bridgehead atoms. The van der Waals surface area contributed by atoms with E-state index in [1.807, 2.05) is 0 Å².